The number of aromatic nitrogens is 3. The van der Waals surface area contributed by atoms with Crippen LogP contribution >= 0.6 is 23.2 Å². The van der Waals surface area contributed by atoms with Crippen LogP contribution < -0.4 is 4.90 Å². The number of alkyl halides is 2. The Morgan fingerprint density at radius 2 is 1.42 bits per heavy atom. The molecule has 1 rings (SSSR count). The van der Waals surface area contributed by atoms with Gasteiger partial charge in [0.05, 0.1) is 23.0 Å². The summed E-state index contributed by atoms with van der Waals surface area (Å²) in [4.78, 5) is 11.4. The van der Waals surface area contributed by atoms with Gasteiger partial charge in [-0.05, 0) is 0 Å². The summed E-state index contributed by atoms with van der Waals surface area (Å²) in [7, 11) is -6.86. The maximum Gasteiger partial charge on any atom is 0.314 e. The quantitative estimate of drug-likeness (QED) is 0.456. The number of sulfone groups is 2. The molecule has 0 saturated carbocycles. The van der Waals surface area contributed by atoms with Gasteiger partial charge in [-0.2, -0.15) is 19.3 Å². The molecule has 24 heavy (non-hydrogen) atoms. The first kappa shape index (κ1) is 21.3. The van der Waals surface area contributed by atoms with Crippen LogP contribution in [0.1, 0.15) is 0 Å². The predicted octanol–water partition coefficient (Wildman–Crippen LogP) is -0.0755. The van der Waals surface area contributed by atoms with E-state index in [1.54, 1.807) is 0 Å². The van der Waals surface area contributed by atoms with Gasteiger partial charge in [-0.1, -0.05) is 0 Å². The number of hydrogen-bond acceptors (Lipinski definition) is 8. The Kier molecular flexibility index (Phi) is 8.54. The minimum atomic E-state index is -3.43. The second kappa shape index (κ2) is 9.64. The number of anilines is 1. The van der Waals surface area contributed by atoms with Crippen LogP contribution in [0.2, 0.25) is 0 Å². The zero-order valence-corrected chi connectivity index (χ0v) is 15.7. The lowest BCUT2D eigenvalue weighted by Gasteiger charge is -2.22. The summed E-state index contributed by atoms with van der Waals surface area (Å²) in [5.74, 6) is -1.34. The van der Waals surface area contributed by atoms with Crippen LogP contribution in [-0.4, -0.2) is 79.6 Å². The summed E-state index contributed by atoms with van der Waals surface area (Å²) < 4.78 is 60.1. The Balaban J connectivity index is 2.88. The number of hydrogen-bond donors (Lipinski definition) is 0. The molecule has 0 aliphatic rings. The minimum absolute atomic E-state index is 0.0550. The Hall–Kier alpha value is -0.780. The first-order chi connectivity index (χ1) is 11.2. The van der Waals surface area contributed by atoms with Gasteiger partial charge in [-0.15, -0.1) is 23.2 Å². The summed E-state index contributed by atoms with van der Waals surface area (Å²) in [5, 5.41) is 0. The molecule has 0 N–H and O–H groups in total. The van der Waals surface area contributed by atoms with Crippen LogP contribution in [0.3, 0.4) is 0 Å². The summed E-state index contributed by atoms with van der Waals surface area (Å²) in [6.07, 6.45) is 0.934. The molecule has 1 aromatic rings. The van der Waals surface area contributed by atoms with Crippen molar-refractivity contribution in [2.75, 3.05) is 52.8 Å². The second-order valence-electron chi connectivity index (χ2n) is 4.67. The lowest BCUT2D eigenvalue weighted by Crippen LogP contribution is -2.36. The smallest absolute Gasteiger partial charge is 0.314 e. The van der Waals surface area contributed by atoms with Gasteiger partial charge >= 0.3 is 6.08 Å². The molecule has 1 radical (unpaired) electrons. The fourth-order valence-corrected chi connectivity index (χ4v) is 4.92. The molecule has 0 aliphatic heterocycles. The van der Waals surface area contributed by atoms with Crippen LogP contribution in [0.15, 0.2) is 0 Å². The summed E-state index contributed by atoms with van der Waals surface area (Å²) in [5.41, 5.74) is 0. The maximum atomic E-state index is 13.1. The topological polar surface area (TPSA) is 110 Å². The van der Waals surface area contributed by atoms with Gasteiger partial charge in [0, 0.05) is 24.8 Å². The van der Waals surface area contributed by atoms with Crippen molar-refractivity contribution in [1.82, 2.24) is 15.0 Å². The van der Waals surface area contributed by atoms with Gasteiger partial charge in [0.1, 0.15) is 0 Å². The van der Waals surface area contributed by atoms with Crippen molar-refractivity contribution >= 4 is 48.8 Å². The van der Waals surface area contributed by atoms with Crippen molar-refractivity contribution in [3.8, 4) is 0 Å². The van der Waals surface area contributed by atoms with Gasteiger partial charge in [0.25, 0.3) is 0 Å². The molecule has 0 unspecified atom stereocenters. The molecule has 13 heteroatoms. The van der Waals surface area contributed by atoms with Crippen molar-refractivity contribution in [2.24, 2.45) is 0 Å². The molecule has 0 saturated heterocycles. The van der Waals surface area contributed by atoms with Crippen LogP contribution in [0.5, 0.6) is 0 Å². The highest BCUT2D eigenvalue weighted by atomic mass is 35.5. The molecule has 0 spiro atoms. The van der Waals surface area contributed by atoms with Crippen LogP contribution in [0.25, 0.3) is 0 Å². The lowest BCUT2D eigenvalue weighted by atomic mass is 10.5. The van der Waals surface area contributed by atoms with Crippen molar-refractivity contribution in [3.05, 3.63) is 12.4 Å². The normalized spacial score (nSPS) is 12.3. The molecule has 1 heterocycles. The highest BCUT2D eigenvalue weighted by Crippen LogP contribution is 2.08. The third-order valence-corrected chi connectivity index (χ3v) is 6.98. The van der Waals surface area contributed by atoms with Crippen LogP contribution in [0.4, 0.5) is 10.3 Å². The van der Waals surface area contributed by atoms with Crippen LogP contribution in [0, 0.1) is 12.4 Å². The standard InChI is InChI=1S/C11H16Cl2FN4O4S2/c12-1-5-23(19,20)7-3-18(4-8-24(21,22)6-2-13)11-16-9-15-10(14)17-11/h1-8H2. The van der Waals surface area contributed by atoms with Crippen LogP contribution in [-0.2, 0) is 19.7 Å². The molecule has 8 nitrogen and oxygen atoms in total. The molecule has 137 valence electrons. The minimum Gasteiger partial charge on any atom is -0.339 e. The number of rotatable bonds is 11. The monoisotopic (exact) mass is 421 g/mol. The van der Waals surface area contributed by atoms with Crippen molar-refractivity contribution in [2.45, 2.75) is 0 Å². The van der Waals surface area contributed by atoms with E-state index in [1.807, 2.05) is 6.33 Å². The average Bonchev–Trinajstić information content (AvgIpc) is 2.47. The van der Waals surface area contributed by atoms with E-state index in [4.69, 9.17) is 23.2 Å². The molecular formula is C11H16Cl2FN4O4S2. The predicted molar refractivity (Wildman–Crippen MR) is 89.6 cm³/mol. The summed E-state index contributed by atoms with van der Waals surface area (Å²) >= 11 is 10.8. The van der Waals surface area contributed by atoms with E-state index in [0.717, 1.165) is 0 Å². The molecule has 0 atom stereocenters. The fraction of sp³-hybridized carbons (Fsp3) is 0.727. The lowest BCUT2D eigenvalue weighted by molar-refractivity contribution is 0.528. The summed E-state index contributed by atoms with van der Waals surface area (Å²) in [6, 6.07) is 0. The Morgan fingerprint density at radius 3 is 1.83 bits per heavy atom. The first-order valence-electron chi connectivity index (χ1n) is 6.74. The van der Waals surface area contributed by atoms with E-state index in [0.29, 0.717) is 0 Å². The largest absolute Gasteiger partial charge is 0.339 e. The molecule has 0 aliphatic carbocycles. The SMILES string of the molecule is O=S(=O)(CCCl)CCN(CCS(=O)(=O)CCCl)c1n[c]nc(F)n1. The van der Waals surface area contributed by atoms with E-state index in [2.05, 4.69) is 15.0 Å². The number of halogens is 3. The van der Waals surface area contributed by atoms with E-state index in [9.17, 15) is 21.2 Å². The van der Waals surface area contributed by atoms with Gasteiger partial charge in [-0.25, -0.2) is 16.8 Å². The molecule has 0 bridgehead atoms. The van der Waals surface area contributed by atoms with Crippen molar-refractivity contribution in [1.29, 1.82) is 0 Å². The van der Waals surface area contributed by atoms with Gasteiger partial charge in [0.2, 0.25) is 12.3 Å². The third kappa shape index (κ3) is 7.86. The van der Waals surface area contributed by atoms with E-state index in [-0.39, 0.29) is 53.8 Å². The molecule has 0 fully saturated rings. The van der Waals surface area contributed by atoms with Gasteiger partial charge in [0.15, 0.2) is 19.7 Å². The zero-order valence-electron chi connectivity index (χ0n) is 12.5. The van der Waals surface area contributed by atoms with Gasteiger partial charge in [-0.3, -0.25) is 0 Å². The Bertz CT molecular complexity index is 693. The number of nitrogens with zero attached hydrogens (tertiary/aromatic N) is 4. The Labute approximate surface area is 150 Å². The highest BCUT2D eigenvalue weighted by molar-refractivity contribution is 7.91. The highest BCUT2D eigenvalue weighted by Gasteiger charge is 2.19. The van der Waals surface area contributed by atoms with Crippen molar-refractivity contribution < 1.29 is 21.2 Å². The van der Waals surface area contributed by atoms with Crippen molar-refractivity contribution in [3.63, 3.8) is 0 Å². The molecular weight excluding hydrogens is 406 g/mol. The first-order valence-corrected chi connectivity index (χ1v) is 11.5. The van der Waals surface area contributed by atoms with Gasteiger partial charge < -0.3 is 4.90 Å². The molecule has 0 aromatic carbocycles. The third-order valence-electron chi connectivity index (χ3n) is 2.89. The molecule has 1 aromatic heterocycles. The second-order valence-corrected chi connectivity index (χ2v) is 10.0. The zero-order chi connectivity index (χ0) is 18.2. The molecule has 0 amide bonds. The summed E-state index contributed by atoms with van der Waals surface area (Å²) in [6.45, 7) is -0.236. The fourth-order valence-electron chi connectivity index (χ4n) is 1.63. The Morgan fingerprint density at radius 1 is 0.917 bits per heavy atom. The maximum absolute atomic E-state index is 13.1. The van der Waals surface area contributed by atoms with E-state index in [1.165, 1.54) is 4.90 Å². The van der Waals surface area contributed by atoms with E-state index < -0.39 is 25.8 Å². The average molecular weight is 422 g/mol. The van der Waals surface area contributed by atoms with E-state index >= 15 is 0 Å².